The first-order valence-corrected chi connectivity index (χ1v) is 6.30. The summed E-state index contributed by atoms with van der Waals surface area (Å²) in [6.45, 7) is 1.82. The highest BCUT2D eigenvalue weighted by atomic mass is 127. The van der Waals surface area contributed by atoms with Gasteiger partial charge in [-0.05, 0) is 53.3 Å². The smallest absolute Gasteiger partial charge is 0.328 e. The molecule has 0 saturated heterocycles. The van der Waals surface area contributed by atoms with Crippen LogP contribution in [-0.4, -0.2) is 25.0 Å². The van der Waals surface area contributed by atoms with Crippen molar-refractivity contribution < 1.29 is 14.3 Å². The van der Waals surface area contributed by atoms with Crippen LogP contribution in [0.15, 0.2) is 24.3 Å². The third kappa shape index (κ3) is 3.99. The molecule has 1 rings (SSSR count). The van der Waals surface area contributed by atoms with Crippen LogP contribution < -0.4 is 5.32 Å². The molecule has 1 unspecified atom stereocenters. The summed E-state index contributed by atoms with van der Waals surface area (Å²) in [6.07, 6.45) is 0.503. The molecule has 1 amide bonds. The van der Waals surface area contributed by atoms with Crippen molar-refractivity contribution in [3.05, 3.63) is 33.4 Å². The molecule has 1 N–H and O–H groups in total. The number of methoxy groups -OCH3 is 1. The van der Waals surface area contributed by atoms with E-state index in [9.17, 15) is 9.59 Å². The second-order valence-electron chi connectivity index (χ2n) is 3.46. The molecular weight excluding hydrogens is 333 g/mol. The summed E-state index contributed by atoms with van der Waals surface area (Å²) in [5, 5.41) is 2.64. The molecule has 0 aliphatic heterocycles. The molecule has 0 fully saturated rings. The summed E-state index contributed by atoms with van der Waals surface area (Å²) in [5.41, 5.74) is 0.535. The van der Waals surface area contributed by atoms with Crippen LogP contribution >= 0.6 is 22.6 Å². The molecule has 5 heteroatoms. The Morgan fingerprint density at radius 3 is 2.41 bits per heavy atom. The van der Waals surface area contributed by atoms with E-state index >= 15 is 0 Å². The van der Waals surface area contributed by atoms with Crippen LogP contribution in [0.1, 0.15) is 23.7 Å². The molecule has 17 heavy (non-hydrogen) atoms. The summed E-state index contributed by atoms with van der Waals surface area (Å²) in [5.74, 6) is -0.690. The van der Waals surface area contributed by atoms with Crippen LogP contribution in [0.5, 0.6) is 0 Å². The summed E-state index contributed by atoms with van der Waals surface area (Å²) < 4.78 is 5.66. The van der Waals surface area contributed by atoms with Crippen LogP contribution in [0.4, 0.5) is 0 Å². The number of hydrogen-bond acceptors (Lipinski definition) is 3. The predicted molar refractivity (Wildman–Crippen MR) is 72.7 cm³/mol. The van der Waals surface area contributed by atoms with Crippen molar-refractivity contribution in [2.45, 2.75) is 19.4 Å². The fourth-order valence-electron chi connectivity index (χ4n) is 1.31. The summed E-state index contributed by atoms with van der Waals surface area (Å²) in [4.78, 5) is 23.2. The van der Waals surface area contributed by atoms with E-state index in [0.29, 0.717) is 12.0 Å². The van der Waals surface area contributed by atoms with Crippen molar-refractivity contribution in [1.82, 2.24) is 5.32 Å². The Morgan fingerprint density at radius 2 is 1.94 bits per heavy atom. The van der Waals surface area contributed by atoms with E-state index in [-0.39, 0.29) is 5.91 Å². The van der Waals surface area contributed by atoms with Crippen molar-refractivity contribution in [3.63, 3.8) is 0 Å². The predicted octanol–water partition coefficient (Wildman–Crippen LogP) is 1.97. The average Bonchev–Trinajstić information content (AvgIpc) is 2.35. The first kappa shape index (κ1) is 14.0. The van der Waals surface area contributed by atoms with E-state index in [4.69, 9.17) is 0 Å². The van der Waals surface area contributed by atoms with Crippen molar-refractivity contribution in [3.8, 4) is 0 Å². The fourth-order valence-corrected chi connectivity index (χ4v) is 1.67. The Balaban J connectivity index is 2.71. The standard InChI is InChI=1S/C12H14INO3/c1-3-10(12(16)17-2)14-11(15)8-4-6-9(13)7-5-8/h4-7,10H,3H2,1-2H3,(H,14,15). The van der Waals surface area contributed by atoms with Gasteiger partial charge in [-0.25, -0.2) is 4.79 Å². The minimum Gasteiger partial charge on any atom is -0.467 e. The molecule has 0 bridgehead atoms. The van der Waals surface area contributed by atoms with Gasteiger partial charge < -0.3 is 10.1 Å². The van der Waals surface area contributed by atoms with E-state index < -0.39 is 12.0 Å². The minimum absolute atomic E-state index is 0.265. The van der Waals surface area contributed by atoms with Crippen molar-refractivity contribution in [2.24, 2.45) is 0 Å². The molecule has 0 aliphatic carbocycles. The Labute approximate surface area is 114 Å². The summed E-state index contributed by atoms with van der Waals surface area (Å²) in [6, 6.07) is 6.54. The SMILES string of the molecule is CCC(NC(=O)c1ccc(I)cc1)C(=O)OC. The lowest BCUT2D eigenvalue weighted by molar-refractivity contribution is -0.142. The van der Waals surface area contributed by atoms with Gasteiger partial charge in [0.05, 0.1) is 7.11 Å². The molecule has 0 spiro atoms. The number of ether oxygens (including phenoxy) is 1. The van der Waals surface area contributed by atoms with Crippen LogP contribution in [0.25, 0.3) is 0 Å². The van der Waals surface area contributed by atoms with Gasteiger partial charge in [0, 0.05) is 9.13 Å². The second-order valence-corrected chi connectivity index (χ2v) is 4.71. The lowest BCUT2D eigenvalue weighted by atomic mass is 10.1. The maximum atomic E-state index is 11.8. The zero-order valence-electron chi connectivity index (χ0n) is 9.70. The largest absolute Gasteiger partial charge is 0.467 e. The van der Waals surface area contributed by atoms with Gasteiger partial charge in [-0.2, -0.15) is 0 Å². The van der Waals surface area contributed by atoms with Gasteiger partial charge in [0.1, 0.15) is 6.04 Å². The van der Waals surface area contributed by atoms with Gasteiger partial charge in [-0.1, -0.05) is 6.92 Å². The lowest BCUT2D eigenvalue weighted by Gasteiger charge is -2.14. The number of benzene rings is 1. The number of hydrogen-bond donors (Lipinski definition) is 1. The van der Waals surface area contributed by atoms with E-state index in [0.717, 1.165) is 3.57 Å². The number of carbonyl (C=O) groups is 2. The van der Waals surface area contributed by atoms with Gasteiger partial charge in [0.15, 0.2) is 0 Å². The van der Waals surface area contributed by atoms with Crippen LogP contribution in [0, 0.1) is 3.57 Å². The van der Waals surface area contributed by atoms with Gasteiger partial charge in [-0.15, -0.1) is 0 Å². The molecule has 0 radical (unpaired) electrons. The number of esters is 1. The molecule has 4 nitrogen and oxygen atoms in total. The first-order chi connectivity index (χ1) is 8.08. The molecule has 0 aromatic heterocycles. The molecule has 1 atom stereocenters. The fraction of sp³-hybridized carbons (Fsp3) is 0.333. The van der Waals surface area contributed by atoms with Crippen molar-refractivity contribution in [2.75, 3.05) is 7.11 Å². The maximum absolute atomic E-state index is 11.8. The second kappa shape index (κ2) is 6.58. The normalized spacial score (nSPS) is 11.7. The van der Waals surface area contributed by atoms with Crippen LogP contribution in [-0.2, 0) is 9.53 Å². The zero-order chi connectivity index (χ0) is 12.8. The quantitative estimate of drug-likeness (QED) is 0.669. The van der Waals surface area contributed by atoms with E-state index in [2.05, 4.69) is 32.6 Å². The van der Waals surface area contributed by atoms with Gasteiger partial charge in [0.2, 0.25) is 0 Å². The number of nitrogens with one attached hydrogen (secondary N) is 1. The first-order valence-electron chi connectivity index (χ1n) is 5.22. The Hall–Kier alpha value is -1.11. The molecule has 1 aromatic rings. The highest BCUT2D eigenvalue weighted by Crippen LogP contribution is 2.07. The zero-order valence-corrected chi connectivity index (χ0v) is 11.9. The third-order valence-corrected chi connectivity index (χ3v) is 3.02. The highest BCUT2D eigenvalue weighted by molar-refractivity contribution is 14.1. The molecule has 0 saturated carbocycles. The van der Waals surface area contributed by atoms with Crippen molar-refractivity contribution in [1.29, 1.82) is 0 Å². The Bertz CT molecular complexity index is 403. The van der Waals surface area contributed by atoms with E-state index in [1.54, 1.807) is 12.1 Å². The summed E-state index contributed by atoms with van der Waals surface area (Å²) in [7, 11) is 1.31. The van der Waals surface area contributed by atoms with Crippen molar-refractivity contribution >= 4 is 34.5 Å². The van der Waals surface area contributed by atoms with Crippen LogP contribution in [0.2, 0.25) is 0 Å². The molecule has 1 aromatic carbocycles. The Kier molecular flexibility index (Phi) is 5.40. The molecular formula is C12H14INO3. The van der Waals surface area contributed by atoms with E-state index in [1.807, 2.05) is 19.1 Å². The Morgan fingerprint density at radius 1 is 1.35 bits per heavy atom. The minimum atomic E-state index is -0.591. The topological polar surface area (TPSA) is 55.4 Å². The van der Waals surface area contributed by atoms with Crippen LogP contribution in [0.3, 0.4) is 0 Å². The molecule has 0 heterocycles. The average molecular weight is 347 g/mol. The maximum Gasteiger partial charge on any atom is 0.328 e. The van der Waals surface area contributed by atoms with E-state index in [1.165, 1.54) is 7.11 Å². The highest BCUT2D eigenvalue weighted by Gasteiger charge is 2.19. The molecule has 0 aliphatic rings. The van der Waals surface area contributed by atoms with Gasteiger partial charge in [-0.3, -0.25) is 4.79 Å². The number of rotatable bonds is 4. The lowest BCUT2D eigenvalue weighted by Crippen LogP contribution is -2.41. The summed E-state index contributed by atoms with van der Waals surface area (Å²) >= 11 is 2.16. The van der Waals surface area contributed by atoms with Gasteiger partial charge >= 0.3 is 5.97 Å². The molecule has 92 valence electrons. The third-order valence-electron chi connectivity index (χ3n) is 2.31. The number of halogens is 1. The number of carbonyl (C=O) groups excluding carboxylic acids is 2. The van der Waals surface area contributed by atoms with Gasteiger partial charge in [0.25, 0.3) is 5.91 Å². The number of amides is 1. The monoisotopic (exact) mass is 347 g/mol.